The van der Waals surface area contributed by atoms with E-state index in [9.17, 15) is 9.90 Å². The first-order valence-corrected chi connectivity index (χ1v) is 7.35. The Balaban J connectivity index is 1.95. The molecule has 0 unspecified atom stereocenters. The molecule has 21 heavy (non-hydrogen) atoms. The van der Waals surface area contributed by atoms with Crippen molar-refractivity contribution in [3.8, 4) is 5.75 Å². The number of halogens is 1. The minimum absolute atomic E-state index is 0.145. The highest BCUT2D eigenvalue weighted by Crippen LogP contribution is 2.27. The Hall–Kier alpha value is -1.62. The summed E-state index contributed by atoms with van der Waals surface area (Å²) in [7, 11) is 0. The van der Waals surface area contributed by atoms with Gasteiger partial charge in [-0.25, -0.2) is 4.79 Å². The first kappa shape index (κ1) is 15.8. The van der Waals surface area contributed by atoms with Gasteiger partial charge in [-0.2, -0.15) is 0 Å². The van der Waals surface area contributed by atoms with E-state index in [1.54, 1.807) is 11.0 Å². The van der Waals surface area contributed by atoms with Crippen LogP contribution in [0.25, 0.3) is 0 Å². The average molecular weight is 313 g/mol. The van der Waals surface area contributed by atoms with E-state index in [-0.39, 0.29) is 11.8 Å². The number of nitrogens with zero attached hydrogens (tertiary/aromatic N) is 2. The number of anilines is 1. The van der Waals surface area contributed by atoms with E-state index in [1.807, 2.05) is 26.8 Å². The summed E-state index contributed by atoms with van der Waals surface area (Å²) >= 11 is 5.95. The largest absolute Gasteiger partial charge is 0.508 e. The van der Waals surface area contributed by atoms with Gasteiger partial charge in [-0.1, -0.05) is 11.6 Å². The number of phenolic OH excluding ortho intramolecular Hbond substituents is 1. The zero-order valence-electron chi connectivity index (χ0n) is 12.6. The summed E-state index contributed by atoms with van der Waals surface area (Å²) in [5.74, 6) is 0.145. The standard InChI is InChI=1S/C15H21ClN2O3/c1-15(2,3)21-14(20)18-6-4-17(5-7-18)12-8-11(16)9-13(19)10-12/h8-10,19H,4-7H2,1-3H3. The second kappa shape index (κ2) is 6.02. The van der Waals surface area contributed by atoms with Crippen molar-refractivity contribution < 1.29 is 14.6 Å². The summed E-state index contributed by atoms with van der Waals surface area (Å²) < 4.78 is 5.36. The van der Waals surface area contributed by atoms with Gasteiger partial charge in [-0.3, -0.25) is 0 Å². The third-order valence-corrected chi connectivity index (χ3v) is 3.38. The van der Waals surface area contributed by atoms with Crippen molar-refractivity contribution in [1.29, 1.82) is 0 Å². The fourth-order valence-corrected chi connectivity index (χ4v) is 2.44. The molecule has 1 heterocycles. The number of carbonyl (C=O) groups excluding carboxylic acids is 1. The van der Waals surface area contributed by atoms with E-state index in [4.69, 9.17) is 16.3 Å². The zero-order valence-corrected chi connectivity index (χ0v) is 13.4. The summed E-state index contributed by atoms with van der Waals surface area (Å²) in [6, 6.07) is 4.99. The van der Waals surface area contributed by atoms with E-state index in [0.717, 1.165) is 5.69 Å². The van der Waals surface area contributed by atoms with Crippen LogP contribution in [0.4, 0.5) is 10.5 Å². The third kappa shape index (κ3) is 4.43. The fourth-order valence-electron chi connectivity index (χ4n) is 2.22. The Bertz CT molecular complexity index is 500. The molecule has 1 N–H and O–H groups in total. The Morgan fingerprint density at radius 2 is 1.81 bits per heavy atom. The molecule has 0 atom stereocenters. The third-order valence-electron chi connectivity index (χ3n) is 3.16. The molecule has 0 aliphatic carbocycles. The number of ether oxygens (including phenoxy) is 1. The monoisotopic (exact) mass is 312 g/mol. The Kier molecular flexibility index (Phi) is 4.52. The minimum atomic E-state index is -0.479. The van der Waals surface area contributed by atoms with E-state index >= 15 is 0 Å². The highest BCUT2D eigenvalue weighted by atomic mass is 35.5. The van der Waals surface area contributed by atoms with Gasteiger partial charge in [0.15, 0.2) is 0 Å². The molecular formula is C15H21ClN2O3. The fraction of sp³-hybridized carbons (Fsp3) is 0.533. The SMILES string of the molecule is CC(C)(C)OC(=O)N1CCN(c2cc(O)cc(Cl)c2)CC1. The first-order valence-electron chi connectivity index (χ1n) is 6.97. The second-order valence-corrected chi connectivity index (χ2v) is 6.56. The number of hydrogen-bond donors (Lipinski definition) is 1. The molecule has 1 fully saturated rings. The number of hydrogen-bond acceptors (Lipinski definition) is 4. The van der Waals surface area contributed by atoms with Crippen molar-refractivity contribution >= 4 is 23.4 Å². The molecule has 1 aromatic rings. The summed E-state index contributed by atoms with van der Waals surface area (Å²) in [6.45, 7) is 8.10. The maximum Gasteiger partial charge on any atom is 0.410 e. The van der Waals surface area contributed by atoms with Crippen molar-refractivity contribution in [3.05, 3.63) is 23.2 Å². The molecule has 5 nitrogen and oxygen atoms in total. The lowest BCUT2D eigenvalue weighted by molar-refractivity contribution is 0.0240. The maximum atomic E-state index is 12.0. The number of rotatable bonds is 1. The van der Waals surface area contributed by atoms with Crippen LogP contribution < -0.4 is 4.90 Å². The average Bonchev–Trinajstić information content (AvgIpc) is 2.35. The second-order valence-electron chi connectivity index (χ2n) is 6.12. The zero-order chi connectivity index (χ0) is 15.6. The molecule has 0 bridgehead atoms. The Morgan fingerprint density at radius 3 is 2.33 bits per heavy atom. The topological polar surface area (TPSA) is 53.0 Å². The van der Waals surface area contributed by atoms with Gasteiger partial charge in [-0.15, -0.1) is 0 Å². The van der Waals surface area contributed by atoms with Gasteiger partial charge in [0.05, 0.1) is 0 Å². The van der Waals surface area contributed by atoms with Crippen molar-refractivity contribution in [2.75, 3.05) is 31.1 Å². The van der Waals surface area contributed by atoms with Crippen LogP contribution in [-0.4, -0.2) is 47.9 Å². The van der Waals surface area contributed by atoms with Gasteiger partial charge in [0.25, 0.3) is 0 Å². The van der Waals surface area contributed by atoms with Gasteiger partial charge < -0.3 is 19.6 Å². The lowest BCUT2D eigenvalue weighted by Gasteiger charge is -2.36. The predicted octanol–water partition coefficient (Wildman–Crippen LogP) is 3.10. The van der Waals surface area contributed by atoms with Gasteiger partial charge in [0.2, 0.25) is 0 Å². The summed E-state index contributed by atoms with van der Waals surface area (Å²) in [4.78, 5) is 15.8. The van der Waals surface area contributed by atoms with Crippen LogP contribution in [0.3, 0.4) is 0 Å². The van der Waals surface area contributed by atoms with Crippen LogP contribution in [-0.2, 0) is 4.74 Å². The lowest BCUT2D eigenvalue weighted by atomic mass is 10.2. The van der Waals surface area contributed by atoms with Gasteiger partial charge >= 0.3 is 6.09 Å². The molecule has 0 radical (unpaired) electrons. The molecule has 0 aromatic heterocycles. The predicted molar refractivity (Wildman–Crippen MR) is 83.1 cm³/mol. The van der Waals surface area contributed by atoms with Crippen LogP contribution in [0.2, 0.25) is 5.02 Å². The molecular weight excluding hydrogens is 292 g/mol. The normalized spacial score (nSPS) is 16.0. The Labute approximate surface area is 130 Å². The molecule has 116 valence electrons. The molecule has 1 amide bonds. The van der Waals surface area contributed by atoms with Gasteiger partial charge in [-0.05, 0) is 32.9 Å². The number of phenols is 1. The first-order chi connectivity index (χ1) is 9.74. The van der Waals surface area contributed by atoms with Crippen molar-refractivity contribution in [2.45, 2.75) is 26.4 Å². The summed E-state index contributed by atoms with van der Waals surface area (Å²) in [5.41, 5.74) is 0.385. The number of carbonyl (C=O) groups is 1. The molecule has 1 aliphatic heterocycles. The van der Waals surface area contributed by atoms with Crippen LogP contribution >= 0.6 is 11.6 Å². The highest BCUT2D eigenvalue weighted by Gasteiger charge is 2.26. The number of amides is 1. The van der Waals surface area contributed by atoms with Crippen LogP contribution in [0.5, 0.6) is 5.75 Å². The quantitative estimate of drug-likeness (QED) is 0.865. The number of aromatic hydroxyl groups is 1. The smallest absolute Gasteiger partial charge is 0.410 e. The number of benzene rings is 1. The Morgan fingerprint density at radius 1 is 1.19 bits per heavy atom. The number of piperazine rings is 1. The molecule has 2 rings (SSSR count). The lowest BCUT2D eigenvalue weighted by Crippen LogP contribution is -2.50. The molecule has 1 saturated heterocycles. The minimum Gasteiger partial charge on any atom is -0.508 e. The van der Waals surface area contributed by atoms with Crippen molar-refractivity contribution in [3.63, 3.8) is 0 Å². The van der Waals surface area contributed by atoms with Crippen LogP contribution in [0.15, 0.2) is 18.2 Å². The van der Waals surface area contributed by atoms with Crippen molar-refractivity contribution in [1.82, 2.24) is 4.90 Å². The van der Waals surface area contributed by atoms with E-state index < -0.39 is 5.60 Å². The van der Waals surface area contributed by atoms with E-state index in [2.05, 4.69) is 4.90 Å². The molecule has 0 spiro atoms. The molecule has 1 aliphatic rings. The molecule has 0 saturated carbocycles. The van der Waals surface area contributed by atoms with E-state index in [0.29, 0.717) is 31.2 Å². The van der Waals surface area contributed by atoms with Crippen molar-refractivity contribution in [2.24, 2.45) is 0 Å². The maximum absolute atomic E-state index is 12.0. The summed E-state index contributed by atoms with van der Waals surface area (Å²) in [6.07, 6.45) is -0.281. The van der Waals surface area contributed by atoms with Crippen LogP contribution in [0.1, 0.15) is 20.8 Å². The molecule has 1 aromatic carbocycles. The van der Waals surface area contributed by atoms with E-state index in [1.165, 1.54) is 6.07 Å². The summed E-state index contributed by atoms with van der Waals surface area (Å²) in [5, 5.41) is 10.1. The van der Waals surface area contributed by atoms with Gasteiger partial charge in [0, 0.05) is 43.0 Å². The highest BCUT2D eigenvalue weighted by molar-refractivity contribution is 6.31. The van der Waals surface area contributed by atoms with Gasteiger partial charge in [0.1, 0.15) is 11.4 Å². The van der Waals surface area contributed by atoms with Crippen LogP contribution in [0, 0.1) is 0 Å². The molecule has 6 heteroatoms.